The highest BCUT2D eigenvalue weighted by Gasteiger charge is 2.46. The maximum atomic E-state index is 13.6. The number of amides is 2. The summed E-state index contributed by atoms with van der Waals surface area (Å²) in [4.78, 5) is 30.3. The summed E-state index contributed by atoms with van der Waals surface area (Å²) in [5, 5.41) is 5.01. The van der Waals surface area contributed by atoms with Gasteiger partial charge in [0.05, 0.1) is 16.1 Å². The molecule has 3 heterocycles. The molecule has 0 saturated carbocycles. The van der Waals surface area contributed by atoms with Crippen LogP contribution in [0.1, 0.15) is 42.6 Å². The molecule has 0 atom stereocenters. The van der Waals surface area contributed by atoms with Gasteiger partial charge in [0, 0.05) is 31.2 Å². The highest BCUT2D eigenvalue weighted by Crippen LogP contribution is 2.39. The lowest BCUT2D eigenvalue weighted by Gasteiger charge is -2.43. The van der Waals surface area contributed by atoms with Crippen molar-refractivity contribution in [2.45, 2.75) is 51.2 Å². The summed E-state index contributed by atoms with van der Waals surface area (Å²) in [6.45, 7) is 3.45. The van der Waals surface area contributed by atoms with Crippen LogP contribution >= 0.6 is 23.2 Å². The first kappa shape index (κ1) is 23.1. The molecule has 2 aliphatic rings. The molecule has 0 N–H and O–H groups in total. The van der Waals surface area contributed by atoms with E-state index in [1.54, 1.807) is 11.8 Å². The van der Waals surface area contributed by atoms with Crippen LogP contribution in [-0.2, 0) is 28.2 Å². The number of rotatable bonds is 5. The second-order valence-corrected chi connectivity index (χ2v) is 9.42. The minimum atomic E-state index is -0.771. The fourth-order valence-electron chi connectivity index (χ4n) is 4.81. The van der Waals surface area contributed by atoms with Crippen molar-refractivity contribution in [2.75, 3.05) is 26.2 Å². The minimum absolute atomic E-state index is 0.000427. The van der Waals surface area contributed by atoms with Gasteiger partial charge in [-0.05, 0) is 50.3 Å². The molecule has 2 amide bonds. The van der Waals surface area contributed by atoms with Crippen molar-refractivity contribution in [1.29, 1.82) is 0 Å². The van der Waals surface area contributed by atoms with Crippen molar-refractivity contribution in [3.63, 3.8) is 0 Å². The van der Waals surface area contributed by atoms with E-state index in [1.165, 1.54) is 4.68 Å². The Labute approximate surface area is 197 Å². The Hall–Kier alpha value is -2.12. The van der Waals surface area contributed by atoms with E-state index >= 15 is 0 Å². The number of nitrogens with zero attached hydrogens (tertiary/aromatic N) is 4. The van der Waals surface area contributed by atoms with Gasteiger partial charge in [-0.25, -0.2) is 4.39 Å². The van der Waals surface area contributed by atoms with Crippen LogP contribution in [0.4, 0.5) is 4.39 Å². The first-order valence-corrected chi connectivity index (χ1v) is 11.7. The summed E-state index contributed by atoms with van der Waals surface area (Å²) in [5.41, 5.74) is 1.02. The number of hydrogen-bond acceptors (Lipinski definition) is 3. The molecule has 1 aromatic heterocycles. The number of halogens is 3. The summed E-state index contributed by atoms with van der Waals surface area (Å²) in [7, 11) is 0. The zero-order valence-electron chi connectivity index (χ0n) is 18.1. The Kier molecular flexibility index (Phi) is 6.77. The third-order valence-corrected chi connectivity index (χ3v) is 7.52. The summed E-state index contributed by atoms with van der Waals surface area (Å²) < 4.78 is 14.5. The average Bonchev–Trinajstić information content (AvgIpc) is 3.43. The van der Waals surface area contributed by atoms with Gasteiger partial charge in [-0.3, -0.25) is 14.3 Å². The van der Waals surface area contributed by atoms with Gasteiger partial charge in [0.15, 0.2) is 0 Å². The predicted octanol–water partition coefficient (Wildman–Crippen LogP) is 4.15. The largest absolute Gasteiger partial charge is 0.342 e. The second kappa shape index (κ2) is 9.40. The molecule has 2 aromatic rings. The van der Waals surface area contributed by atoms with Gasteiger partial charge in [-0.2, -0.15) is 5.10 Å². The SMILES string of the molecule is Cc1c(Cl)c(CF)nn1CC(=O)N1CCC(C(=O)N2CCCC2)(c2ccc(Cl)cc2)CC1. The Morgan fingerprint density at radius 2 is 1.66 bits per heavy atom. The maximum Gasteiger partial charge on any atom is 0.244 e. The van der Waals surface area contributed by atoms with Crippen molar-refractivity contribution in [3.05, 3.63) is 51.3 Å². The quantitative estimate of drug-likeness (QED) is 0.645. The molecule has 0 bridgehead atoms. The molecule has 1 aromatic carbocycles. The number of carbonyl (C=O) groups is 2. The normalized spacial score (nSPS) is 18.2. The van der Waals surface area contributed by atoms with Crippen molar-refractivity contribution in [1.82, 2.24) is 19.6 Å². The Morgan fingerprint density at radius 1 is 1.03 bits per heavy atom. The van der Waals surface area contributed by atoms with Gasteiger partial charge in [0.1, 0.15) is 18.9 Å². The van der Waals surface area contributed by atoms with Crippen LogP contribution in [0.25, 0.3) is 0 Å². The number of likely N-dealkylation sites (tertiary alicyclic amines) is 2. The Balaban J connectivity index is 1.51. The molecule has 0 aliphatic carbocycles. The molecular formula is C23H27Cl2FN4O2. The minimum Gasteiger partial charge on any atom is -0.342 e. The average molecular weight is 481 g/mol. The summed E-state index contributed by atoms with van der Waals surface area (Å²) in [5.74, 6) is 0.0303. The molecule has 0 spiro atoms. The Morgan fingerprint density at radius 3 is 2.22 bits per heavy atom. The first-order valence-electron chi connectivity index (χ1n) is 11.0. The van der Waals surface area contributed by atoms with Crippen LogP contribution in [0.15, 0.2) is 24.3 Å². The first-order chi connectivity index (χ1) is 15.4. The molecule has 4 rings (SSSR count). The highest BCUT2D eigenvalue weighted by atomic mass is 35.5. The van der Waals surface area contributed by atoms with E-state index in [4.69, 9.17) is 23.2 Å². The summed E-state index contributed by atoms with van der Waals surface area (Å²) >= 11 is 12.2. The van der Waals surface area contributed by atoms with E-state index in [1.807, 2.05) is 29.2 Å². The van der Waals surface area contributed by atoms with Gasteiger partial charge < -0.3 is 9.80 Å². The third-order valence-electron chi connectivity index (χ3n) is 6.78. The zero-order chi connectivity index (χ0) is 22.9. The molecule has 2 aliphatic heterocycles. The molecule has 172 valence electrons. The molecule has 0 radical (unpaired) electrons. The van der Waals surface area contributed by atoms with Gasteiger partial charge in [-0.15, -0.1) is 0 Å². The van der Waals surface area contributed by atoms with E-state index in [0.29, 0.717) is 36.6 Å². The summed E-state index contributed by atoms with van der Waals surface area (Å²) in [6, 6.07) is 7.50. The fraction of sp³-hybridized carbons (Fsp3) is 0.522. The van der Waals surface area contributed by atoms with Crippen LogP contribution in [-0.4, -0.2) is 57.6 Å². The van der Waals surface area contributed by atoms with Crippen LogP contribution in [0.2, 0.25) is 10.0 Å². The van der Waals surface area contributed by atoms with Crippen molar-refractivity contribution in [3.8, 4) is 0 Å². The van der Waals surface area contributed by atoms with Crippen molar-refractivity contribution < 1.29 is 14.0 Å². The third kappa shape index (κ3) is 4.25. The molecular weight excluding hydrogens is 454 g/mol. The Bertz CT molecular complexity index is 994. The standard InChI is InChI=1S/C23H27Cl2FN4O2/c1-16-21(25)19(14-26)27-30(16)15-20(31)28-12-8-23(9-13-28,17-4-6-18(24)7-5-17)22(32)29-10-2-3-11-29/h4-7H,2-3,8-15H2,1H3. The second-order valence-electron chi connectivity index (χ2n) is 8.61. The highest BCUT2D eigenvalue weighted by molar-refractivity contribution is 6.31. The molecule has 0 unspecified atom stereocenters. The van der Waals surface area contributed by atoms with E-state index in [-0.39, 0.29) is 29.1 Å². The van der Waals surface area contributed by atoms with Crippen LogP contribution in [0.3, 0.4) is 0 Å². The topological polar surface area (TPSA) is 58.4 Å². The molecule has 2 saturated heterocycles. The zero-order valence-corrected chi connectivity index (χ0v) is 19.6. The van der Waals surface area contributed by atoms with Gasteiger partial charge in [-0.1, -0.05) is 35.3 Å². The van der Waals surface area contributed by atoms with E-state index in [2.05, 4.69) is 5.10 Å². The lowest BCUT2D eigenvalue weighted by atomic mass is 9.71. The van der Waals surface area contributed by atoms with Crippen molar-refractivity contribution in [2.24, 2.45) is 0 Å². The molecule has 9 heteroatoms. The lowest BCUT2D eigenvalue weighted by Crippen LogP contribution is -2.53. The van der Waals surface area contributed by atoms with E-state index in [9.17, 15) is 14.0 Å². The maximum absolute atomic E-state index is 13.6. The smallest absolute Gasteiger partial charge is 0.244 e. The predicted molar refractivity (Wildman–Crippen MR) is 122 cm³/mol. The fourth-order valence-corrected chi connectivity index (χ4v) is 5.12. The van der Waals surface area contributed by atoms with E-state index < -0.39 is 12.1 Å². The monoisotopic (exact) mass is 480 g/mol. The number of hydrogen-bond donors (Lipinski definition) is 0. The molecule has 32 heavy (non-hydrogen) atoms. The van der Waals surface area contributed by atoms with Crippen LogP contribution in [0.5, 0.6) is 0 Å². The van der Waals surface area contributed by atoms with Gasteiger partial charge in [0.25, 0.3) is 0 Å². The number of alkyl halides is 1. The number of benzene rings is 1. The van der Waals surface area contributed by atoms with Crippen molar-refractivity contribution >= 4 is 35.0 Å². The van der Waals surface area contributed by atoms with Gasteiger partial charge in [0.2, 0.25) is 11.8 Å². The number of piperidine rings is 1. The van der Waals surface area contributed by atoms with Crippen LogP contribution in [0, 0.1) is 6.92 Å². The number of carbonyl (C=O) groups excluding carboxylic acids is 2. The summed E-state index contributed by atoms with van der Waals surface area (Å²) in [6.07, 6.45) is 3.15. The lowest BCUT2D eigenvalue weighted by molar-refractivity contribution is -0.142. The van der Waals surface area contributed by atoms with E-state index in [0.717, 1.165) is 31.5 Å². The van der Waals surface area contributed by atoms with Gasteiger partial charge >= 0.3 is 0 Å². The number of aromatic nitrogens is 2. The molecule has 2 fully saturated rings. The van der Waals surface area contributed by atoms with Crippen LogP contribution < -0.4 is 0 Å². The molecule has 6 nitrogen and oxygen atoms in total.